The van der Waals surface area contributed by atoms with Gasteiger partial charge in [-0.05, 0) is 92.9 Å². The van der Waals surface area contributed by atoms with E-state index < -0.39 is 0 Å². The van der Waals surface area contributed by atoms with E-state index in [-0.39, 0.29) is 36.4 Å². The lowest BCUT2D eigenvalue weighted by atomic mass is 9.48. The molecule has 4 bridgehead atoms. The fourth-order valence-corrected chi connectivity index (χ4v) is 7.10. The largest absolute Gasteiger partial charge is 0.456 e. The summed E-state index contributed by atoms with van der Waals surface area (Å²) in [6.07, 6.45) is 8.22. The molecule has 6 heteroatoms. The number of rotatable bonds is 8. The van der Waals surface area contributed by atoms with Crippen molar-refractivity contribution in [1.29, 1.82) is 0 Å². The van der Waals surface area contributed by atoms with Gasteiger partial charge in [0.15, 0.2) is 6.61 Å². The van der Waals surface area contributed by atoms with Crippen LogP contribution in [-0.2, 0) is 14.3 Å². The zero-order valence-corrected chi connectivity index (χ0v) is 18.6. The number of benzene rings is 1. The third-order valence-electron chi connectivity index (χ3n) is 7.13. The van der Waals surface area contributed by atoms with Crippen molar-refractivity contribution in [2.75, 3.05) is 12.4 Å². The van der Waals surface area contributed by atoms with Gasteiger partial charge in [-0.2, -0.15) is 0 Å². The minimum atomic E-state index is -0.330. The number of hydrogen-bond acceptors (Lipinski definition) is 4. The topological polar surface area (TPSA) is 55.4 Å². The molecule has 0 spiro atoms. The van der Waals surface area contributed by atoms with Gasteiger partial charge in [-0.25, -0.2) is 0 Å². The standard InChI is InChI=1S/C23H30ClNO3S/c1-15(23-11-16-8-17(12-23)10-18(9-16)13-23)25-21(26)14-28-22(27)6-7-29-20-4-2-19(24)3-5-20/h2-5,15-18H,6-14H2,1H3,(H,25,26)/t15-,16?,17?,18?,23?/m0/s1. The minimum absolute atomic E-state index is 0.155. The van der Waals surface area contributed by atoms with Crippen molar-refractivity contribution in [1.82, 2.24) is 5.32 Å². The lowest BCUT2D eigenvalue weighted by molar-refractivity contribution is -0.149. The van der Waals surface area contributed by atoms with Crippen molar-refractivity contribution in [2.45, 2.75) is 62.8 Å². The fourth-order valence-electron chi connectivity index (χ4n) is 6.15. The molecular formula is C23H30ClNO3S. The zero-order chi connectivity index (χ0) is 20.4. The molecule has 0 heterocycles. The average molecular weight is 436 g/mol. The first-order valence-corrected chi connectivity index (χ1v) is 12.1. The summed E-state index contributed by atoms with van der Waals surface area (Å²) in [5.74, 6) is 2.69. The maximum absolute atomic E-state index is 12.4. The molecule has 4 aliphatic carbocycles. The fraction of sp³-hybridized carbons (Fsp3) is 0.652. The van der Waals surface area contributed by atoms with E-state index in [0.717, 1.165) is 22.6 Å². The molecule has 4 aliphatic rings. The molecule has 1 aromatic rings. The number of carbonyl (C=O) groups excluding carboxylic acids is 2. The lowest BCUT2D eigenvalue weighted by Gasteiger charge is -2.59. The van der Waals surface area contributed by atoms with Crippen LogP contribution in [0.25, 0.3) is 0 Å². The van der Waals surface area contributed by atoms with Crippen LogP contribution in [0.5, 0.6) is 0 Å². The predicted octanol–water partition coefficient (Wildman–Crippen LogP) is 5.09. The third-order valence-corrected chi connectivity index (χ3v) is 8.40. The van der Waals surface area contributed by atoms with Crippen molar-refractivity contribution < 1.29 is 14.3 Å². The Balaban J connectivity index is 1.17. The highest BCUT2D eigenvalue weighted by Gasteiger charge is 2.53. The Hall–Kier alpha value is -1.20. The van der Waals surface area contributed by atoms with Crippen LogP contribution < -0.4 is 5.32 Å². The summed E-state index contributed by atoms with van der Waals surface area (Å²) >= 11 is 7.44. The first kappa shape index (κ1) is 21.0. The average Bonchev–Trinajstić information content (AvgIpc) is 2.67. The Morgan fingerprint density at radius 3 is 2.31 bits per heavy atom. The Kier molecular flexibility index (Phi) is 6.45. The molecule has 1 amide bonds. The number of ether oxygens (including phenoxy) is 1. The summed E-state index contributed by atoms with van der Waals surface area (Å²) < 4.78 is 5.20. The van der Waals surface area contributed by atoms with E-state index in [9.17, 15) is 9.59 Å². The monoisotopic (exact) mass is 435 g/mol. The predicted molar refractivity (Wildman–Crippen MR) is 116 cm³/mol. The van der Waals surface area contributed by atoms with Gasteiger partial charge in [0.2, 0.25) is 0 Å². The molecule has 0 radical (unpaired) electrons. The normalized spacial score (nSPS) is 30.8. The van der Waals surface area contributed by atoms with E-state index in [1.165, 1.54) is 38.5 Å². The highest BCUT2D eigenvalue weighted by atomic mass is 35.5. The Morgan fingerprint density at radius 2 is 1.72 bits per heavy atom. The van der Waals surface area contributed by atoms with Crippen LogP contribution in [-0.4, -0.2) is 30.3 Å². The SMILES string of the molecule is C[C@H](NC(=O)COC(=O)CCSc1ccc(Cl)cc1)C12CC3CC(CC(C3)C1)C2. The van der Waals surface area contributed by atoms with Crippen LogP contribution >= 0.6 is 23.4 Å². The summed E-state index contributed by atoms with van der Waals surface area (Å²) in [6.45, 7) is 1.97. The number of thioether (sulfide) groups is 1. The van der Waals surface area contributed by atoms with Crippen LogP contribution in [0.3, 0.4) is 0 Å². The number of carbonyl (C=O) groups is 2. The smallest absolute Gasteiger partial charge is 0.307 e. The Morgan fingerprint density at radius 1 is 1.14 bits per heavy atom. The minimum Gasteiger partial charge on any atom is -0.456 e. The van der Waals surface area contributed by atoms with Gasteiger partial charge in [-0.1, -0.05) is 11.6 Å². The molecule has 1 aromatic carbocycles. The Labute approximate surface area is 182 Å². The summed E-state index contributed by atoms with van der Waals surface area (Å²) in [7, 11) is 0. The molecule has 0 aliphatic heterocycles. The summed E-state index contributed by atoms with van der Waals surface area (Å²) in [5, 5.41) is 3.84. The molecule has 4 fully saturated rings. The maximum atomic E-state index is 12.4. The van der Waals surface area contributed by atoms with Gasteiger partial charge in [0.25, 0.3) is 5.91 Å². The summed E-state index contributed by atoms with van der Waals surface area (Å²) in [4.78, 5) is 25.4. The van der Waals surface area contributed by atoms with Crippen LogP contribution in [0.2, 0.25) is 5.02 Å². The van der Waals surface area contributed by atoms with Crippen molar-refractivity contribution in [2.24, 2.45) is 23.2 Å². The number of halogens is 1. The Bertz CT molecular complexity index is 716. The van der Waals surface area contributed by atoms with E-state index in [1.807, 2.05) is 24.3 Å². The first-order chi connectivity index (χ1) is 13.9. The van der Waals surface area contributed by atoms with Gasteiger partial charge in [0, 0.05) is 21.7 Å². The highest BCUT2D eigenvalue weighted by molar-refractivity contribution is 7.99. The van der Waals surface area contributed by atoms with Crippen LogP contribution in [0.1, 0.15) is 51.9 Å². The van der Waals surface area contributed by atoms with Gasteiger partial charge < -0.3 is 10.1 Å². The van der Waals surface area contributed by atoms with Gasteiger partial charge in [0.05, 0.1) is 6.42 Å². The molecule has 1 N–H and O–H groups in total. The summed E-state index contributed by atoms with van der Waals surface area (Å²) in [6, 6.07) is 7.67. The molecule has 158 valence electrons. The quantitative estimate of drug-likeness (QED) is 0.456. The third kappa shape index (κ3) is 5.11. The van der Waals surface area contributed by atoms with Gasteiger partial charge in [-0.3, -0.25) is 9.59 Å². The van der Waals surface area contributed by atoms with E-state index in [2.05, 4.69) is 12.2 Å². The van der Waals surface area contributed by atoms with Crippen molar-refractivity contribution in [3.05, 3.63) is 29.3 Å². The molecule has 1 atom stereocenters. The van der Waals surface area contributed by atoms with Crippen LogP contribution in [0, 0.1) is 23.2 Å². The molecule has 0 aromatic heterocycles. The van der Waals surface area contributed by atoms with Crippen molar-refractivity contribution in [3.8, 4) is 0 Å². The number of nitrogens with one attached hydrogen (secondary N) is 1. The van der Waals surface area contributed by atoms with E-state index in [4.69, 9.17) is 16.3 Å². The first-order valence-electron chi connectivity index (χ1n) is 10.8. The second kappa shape index (κ2) is 8.89. The van der Waals surface area contributed by atoms with E-state index >= 15 is 0 Å². The van der Waals surface area contributed by atoms with Crippen LogP contribution in [0.4, 0.5) is 0 Å². The molecule has 4 saturated carbocycles. The van der Waals surface area contributed by atoms with Gasteiger partial charge in [-0.15, -0.1) is 11.8 Å². The number of amides is 1. The molecule has 5 rings (SSSR count). The molecule has 0 saturated heterocycles. The molecule has 0 unspecified atom stereocenters. The van der Waals surface area contributed by atoms with Crippen molar-refractivity contribution >= 4 is 35.2 Å². The van der Waals surface area contributed by atoms with E-state index in [0.29, 0.717) is 10.8 Å². The van der Waals surface area contributed by atoms with Crippen molar-refractivity contribution in [3.63, 3.8) is 0 Å². The number of esters is 1. The van der Waals surface area contributed by atoms with E-state index in [1.54, 1.807) is 11.8 Å². The highest BCUT2D eigenvalue weighted by Crippen LogP contribution is 2.61. The molecule has 29 heavy (non-hydrogen) atoms. The second-order valence-corrected chi connectivity index (χ2v) is 10.9. The molecule has 4 nitrogen and oxygen atoms in total. The van der Waals surface area contributed by atoms with Crippen LogP contribution in [0.15, 0.2) is 29.2 Å². The van der Waals surface area contributed by atoms with Gasteiger partial charge >= 0.3 is 5.97 Å². The second-order valence-electron chi connectivity index (χ2n) is 9.28. The van der Waals surface area contributed by atoms with Gasteiger partial charge in [0.1, 0.15) is 0 Å². The maximum Gasteiger partial charge on any atom is 0.307 e. The molecular weight excluding hydrogens is 406 g/mol. The number of hydrogen-bond donors (Lipinski definition) is 1. The zero-order valence-electron chi connectivity index (χ0n) is 17.0. The lowest BCUT2D eigenvalue weighted by Crippen LogP contribution is -2.56. The summed E-state index contributed by atoms with van der Waals surface area (Å²) in [5.41, 5.74) is 0.267.